The Hall–Kier alpha value is -7.03. The number of thiophene rings is 1. The number of aliphatic imine (C=N–C) groups is 1. The second-order valence-electron chi connectivity index (χ2n) is 20.0. The zero-order chi connectivity index (χ0) is 51.9. The fraction of sp³-hybridized carbons (Fsp3) is 0.423. The van der Waals surface area contributed by atoms with Gasteiger partial charge in [-0.2, -0.15) is 4.98 Å². The number of carbonyl (C=O) groups excluding carboxylic acids is 4. The van der Waals surface area contributed by atoms with Crippen molar-refractivity contribution in [1.29, 1.82) is 0 Å². The van der Waals surface area contributed by atoms with Crippen LogP contribution in [0, 0.1) is 33.1 Å². The number of nitrogens with one attached hydrogen (secondary N) is 3. The van der Waals surface area contributed by atoms with Gasteiger partial charge in [-0.3, -0.25) is 28.7 Å². The standard InChI is InChI=1S/C52H58ClN11O8S/c1-26-28(3)73-51-44(26)45(32-13-15-34(53)16-14-32)58-39(47-61-60-30(5)64(47)51)22-41(66)57-35-19-38(20-35)71-43-18-17-37(23-54-43)70-25-42(67)59-46(52(6,7)8)50(69)63-24-36(65)21-40(63)48(68)55-27(2)31-9-11-33(12-10-31)49-56-29(4)62-72-49/h9-18,23,27,35-36,38-40,46,65H,19-22,24-25H2,1-8H3,(H,55,68)(H,57,66)(H,59,67)/t27-,35?,36+,38?,39-,40-,46?/m0/s1. The van der Waals surface area contributed by atoms with Crippen LogP contribution < -0.4 is 25.4 Å². The minimum absolute atomic E-state index is 0.0469. The van der Waals surface area contributed by atoms with Crippen molar-refractivity contribution >= 4 is 52.3 Å². The van der Waals surface area contributed by atoms with Crippen molar-refractivity contribution < 1.29 is 38.3 Å². The van der Waals surface area contributed by atoms with Gasteiger partial charge in [-0.1, -0.05) is 61.8 Å². The maximum Gasteiger partial charge on any atom is 0.258 e. The van der Waals surface area contributed by atoms with Crippen molar-refractivity contribution in [1.82, 2.24) is 50.7 Å². The summed E-state index contributed by atoms with van der Waals surface area (Å²) in [6.45, 7) is 14.6. The van der Waals surface area contributed by atoms with E-state index in [-0.39, 0.29) is 37.4 Å². The molecule has 2 aromatic carbocycles. The zero-order valence-corrected chi connectivity index (χ0v) is 43.4. The van der Waals surface area contributed by atoms with Crippen LogP contribution in [0.5, 0.6) is 11.6 Å². The lowest BCUT2D eigenvalue weighted by Gasteiger charge is -2.35. The van der Waals surface area contributed by atoms with E-state index in [1.54, 1.807) is 30.4 Å². The Balaban J connectivity index is 0.749. The number of likely N-dealkylation sites (tertiary alicyclic amines) is 1. The summed E-state index contributed by atoms with van der Waals surface area (Å²) >= 11 is 7.92. The minimum atomic E-state index is -1.04. The van der Waals surface area contributed by atoms with Crippen molar-refractivity contribution in [2.75, 3.05) is 13.2 Å². The maximum absolute atomic E-state index is 14.2. The first-order valence-corrected chi connectivity index (χ1v) is 25.4. The minimum Gasteiger partial charge on any atom is -0.482 e. The number of amides is 4. The molecule has 9 rings (SSSR count). The predicted octanol–water partition coefficient (Wildman–Crippen LogP) is 6.42. The average molecular weight is 1030 g/mol. The Morgan fingerprint density at radius 3 is 2.33 bits per heavy atom. The van der Waals surface area contributed by atoms with E-state index >= 15 is 0 Å². The smallest absolute Gasteiger partial charge is 0.258 e. The van der Waals surface area contributed by atoms with E-state index in [1.807, 2.05) is 87.7 Å². The molecule has 6 heterocycles. The Labute approximate surface area is 431 Å². The number of aryl methyl sites for hydroxylation is 3. The van der Waals surface area contributed by atoms with Gasteiger partial charge in [0, 0.05) is 64.5 Å². The van der Waals surface area contributed by atoms with E-state index in [9.17, 15) is 24.3 Å². The number of aliphatic hydroxyl groups excluding tert-OH is 1. The molecule has 5 atom stereocenters. The average Bonchev–Trinajstić information content (AvgIpc) is 4.11. The first kappa shape index (κ1) is 50.9. The molecule has 1 unspecified atom stereocenters. The lowest BCUT2D eigenvalue weighted by atomic mass is 9.85. The normalized spacial score (nSPS) is 20.1. The molecular formula is C52H58ClN11O8S. The molecule has 4 N–H and O–H groups in total. The molecule has 0 radical (unpaired) electrons. The summed E-state index contributed by atoms with van der Waals surface area (Å²) < 4.78 is 19.1. The summed E-state index contributed by atoms with van der Waals surface area (Å²) in [5.41, 5.74) is 4.56. The molecule has 19 nitrogen and oxygen atoms in total. The number of halogens is 1. The van der Waals surface area contributed by atoms with Crippen LogP contribution in [0.1, 0.15) is 110 Å². The lowest BCUT2D eigenvalue weighted by molar-refractivity contribution is -0.144. The number of benzene rings is 2. The van der Waals surface area contributed by atoms with Gasteiger partial charge in [0.15, 0.2) is 18.3 Å². The highest BCUT2D eigenvalue weighted by Crippen LogP contribution is 2.40. The second kappa shape index (κ2) is 20.8. The molecule has 382 valence electrons. The van der Waals surface area contributed by atoms with Crippen molar-refractivity contribution in [2.45, 2.75) is 123 Å². The van der Waals surface area contributed by atoms with E-state index in [1.165, 1.54) is 11.1 Å². The highest BCUT2D eigenvalue weighted by molar-refractivity contribution is 7.15. The Morgan fingerprint density at radius 2 is 1.66 bits per heavy atom. The number of ether oxygens (including phenoxy) is 2. The summed E-state index contributed by atoms with van der Waals surface area (Å²) in [4.78, 5) is 71.2. The molecule has 4 amide bonds. The van der Waals surface area contributed by atoms with E-state index in [0.29, 0.717) is 52.9 Å². The van der Waals surface area contributed by atoms with Gasteiger partial charge in [0.2, 0.25) is 23.6 Å². The van der Waals surface area contributed by atoms with Gasteiger partial charge in [-0.05, 0) is 81.5 Å². The van der Waals surface area contributed by atoms with Gasteiger partial charge in [-0.15, -0.1) is 21.5 Å². The molecule has 0 bridgehead atoms. The third-order valence-corrected chi connectivity index (χ3v) is 14.8. The van der Waals surface area contributed by atoms with Crippen LogP contribution in [-0.4, -0.2) is 113 Å². The molecule has 6 aromatic rings. The van der Waals surface area contributed by atoms with Gasteiger partial charge in [-0.25, -0.2) is 4.98 Å². The van der Waals surface area contributed by atoms with Gasteiger partial charge in [0.05, 0.1) is 30.5 Å². The first-order chi connectivity index (χ1) is 34.8. The van der Waals surface area contributed by atoms with Gasteiger partial charge in [0.25, 0.3) is 11.8 Å². The molecule has 2 aliphatic heterocycles. The van der Waals surface area contributed by atoms with E-state index in [4.69, 9.17) is 30.6 Å². The number of rotatable bonds is 15. The molecule has 0 spiro atoms. The topological polar surface area (TPSA) is 241 Å². The quantitative estimate of drug-likeness (QED) is 0.0870. The van der Waals surface area contributed by atoms with Crippen LogP contribution >= 0.6 is 22.9 Å². The van der Waals surface area contributed by atoms with Crippen LogP contribution in [0.25, 0.3) is 16.5 Å². The zero-order valence-electron chi connectivity index (χ0n) is 41.8. The van der Waals surface area contributed by atoms with Crippen molar-refractivity contribution in [3.63, 3.8) is 0 Å². The SMILES string of the molecule is Cc1noc(-c2ccc([C@H](C)NC(=O)[C@@H]3C[C@@H](O)CN3C(=O)C(NC(=O)COc3ccc(OC4CC(NC(=O)C[C@@H]5N=C(c6ccc(Cl)cc6)c6c(sc(C)c6C)-n6c(C)nnc65)C4)nc3)C(C)(C)C)cc2)n1. The molecule has 1 saturated carbocycles. The molecular weight excluding hydrogens is 974 g/mol. The fourth-order valence-corrected chi connectivity index (χ4v) is 10.6. The van der Waals surface area contributed by atoms with Gasteiger partial charge >= 0.3 is 0 Å². The van der Waals surface area contributed by atoms with E-state index in [0.717, 1.165) is 43.4 Å². The third-order valence-electron chi connectivity index (χ3n) is 13.4. The third kappa shape index (κ3) is 11.2. The first-order valence-electron chi connectivity index (χ1n) is 24.2. The summed E-state index contributed by atoms with van der Waals surface area (Å²) in [7, 11) is 0. The predicted molar refractivity (Wildman–Crippen MR) is 272 cm³/mol. The van der Waals surface area contributed by atoms with Crippen LogP contribution in [0.2, 0.25) is 5.02 Å². The number of β-amino-alcohol motifs (C(OH)–C–C–N with tert-alkyl or cyclic N) is 1. The molecule has 21 heteroatoms. The van der Waals surface area contributed by atoms with Gasteiger partial charge < -0.3 is 40.0 Å². The largest absolute Gasteiger partial charge is 0.482 e. The molecule has 4 aromatic heterocycles. The van der Waals surface area contributed by atoms with Crippen LogP contribution in [-0.2, 0) is 19.2 Å². The number of hydrogen-bond donors (Lipinski definition) is 4. The van der Waals surface area contributed by atoms with Gasteiger partial charge in [0.1, 0.15) is 40.8 Å². The van der Waals surface area contributed by atoms with Crippen LogP contribution in [0.15, 0.2) is 76.4 Å². The fourth-order valence-electron chi connectivity index (χ4n) is 9.26. The number of aliphatic hydroxyl groups is 1. The number of fused-ring (bicyclic) bond motifs is 3. The Kier molecular flexibility index (Phi) is 14.5. The number of hydrogen-bond acceptors (Lipinski definition) is 15. The van der Waals surface area contributed by atoms with Crippen molar-refractivity contribution in [2.24, 2.45) is 10.4 Å². The second-order valence-corrected chi connectivity index (χ2v) is 21.6. The van der Waals surface area contributed by atoms with Crippen molar-refractivity contribution in [3.05, 3.63) is 116 Å². The molecule has 2 fully saturated rings. The number of nitrogens with zero attached hydrogens (tertiary/aromatic N) is 8. The number of carbonyl (C=O) groups is 4. The van der Waals surface area contributed by atoms with E-state index < -0.39 is 60.0 Å². The lowest BCUT2D eigenvalue weighted by Crippen LogP contribution is -2.58. The summed E-state index contributed by atoms with van der Waals surface area (Å²) in [6, 6.07) is 15.1. The maximum atomic E-state index is 14.2. The molecule has 1 saturated heterocycles. The molecule has 1 aliphatic carbocycles. The summed E-state index contributed by atoms with van der Waals surface area (Å²) in [5.74, 6) is 1.25. The number of aromatic nitrogens is 6. The van der Waals surface area contributed by atoms with Crippen LogP contribution in [0.4, 0.5) is 0 Å². The Bertz CT molecular complexity index is 3050. The highest BCUT2D eigenvalue weighted by Gasteiger charge is 2.45. The van der Waals surface area contributed by atoms with Crippen LogP contribution in [0.3, 0.4) is 0 Å². The number of pyridine rings is 1. The Morgan fingerprint density at radius 1 is 0.932 bits per heavy atom. The summed E-state index contributed by atoms with van der Waals surface area (Å²) in [6.07, 6.45) is 1.61. The monoisotopic (exact) mass is 1030 g/mol. The highest BCUT2D eigenvalue weighted by atomic mass is 35.5. The van der Waals surface area contributed by atoms with Crippen molar-refractivity contribution in [3.8, 4) is 28.1 Å². The molecule has 3 aliphatic rings. The summed E-state index contributed by atoms with van der Waals surface area (Å²) in [5, 5.41) is 33.9. The molecule has 73 heavy (non-hydrogen) atoms. The van der Waals surface area contributed by atoms with E-state index in [2.05, 4.69) is 55.1 Å².